The Morgan fingerprint density at radius 2 is 2.22 bits per heavy atom. The third-order valence-electron chi connectivity index (χ3n) is 1.75. The van der Waals surface area contributed by atoms with E-state index in [0.717, 1.165) is 18.9 Å². The van der Waals surface area contributed by atoms with Gasteiger partial charge in [-0.25, -0.2) is 14.6 Å². The van der Waals surface area contributed by atoms with E-state index in [2.05, 4.69) is 9.72 Å². The van der Waals surface area contributed by atoms with Crippen LogP contribution in [-0.4, -0.2) is 40.9 Å². The van der Waals surface area contributed by atoms with Crippen molar-refractivity contribution in [1.29, 1.82) is 0 Å². The number of methoxy groups -OCH3 is 1. The molecule has 0 aliphatic rings. The first-order valence-corrected chi connectivity index (χ1v) is 5.71. The predicted octanol–water partition coefficient (Wildman–Crippen LogP) is 0.755. The zero-order valence-electron chi connectivity index (χ0n) is 9.37. The molecule has 2 amide bonds. The van der Waals surface area contributed by atoms with Crippen LogP contribution in [0.4, 0.5) is 4.79 Å². The van der Waals surface area contributed by atoms with Crippen molar-refractivity contribution in [2.45, 2.75) is 4.90 Å². The fourth-order valence-electron chi connectivity index (χ4n) is 0.968. The van der Waals surface area contributed by atoms with Gasteiger partial charge in [-0.05, 0) is 12.1 Å². The maximum atomic E-state index is 11.2. The number of alkyl carbamates (subject to hydrolysis) is 1. The number of thioether (sulfide) groups is 1. The average Bonchev–Trinajstić information content (AvgIpc) is 2.36. The lowest BCUT2D eigenvalue weighted by atomic mass is 10.3. The van der Waals surface area contributed by atoms with Gasteiger partial charge in [0.25, 0.3) is 0 Å². The smallest absolute Gasteiger partial charge is 0.413 e. The van der Waals surface area contributed by atoms with E-state index in [4.69, 9.17) is 5.11 Å². The minimum absolute atomic E-state index is 0.0296. The van der Waals surface area contributed by atoms with Crippen LogP contribution in [0.2, 0.25) is 0 Å². The van der Waals surface area contributed by atoms with Crippen molar-refractivity contribution >= 4 is 29.7 Å². The Morgan fingerprint density at radius 3 is 2.83 bits per heavy atom. The zero-order valence-corrected chi connectivity index (χ0v) is 10.2. The topological polar surface area (TPSA) is 106 Å². The van der Waals surface area contributed by atoms with Crippen LogP contribution in [0.3, 0.4) is 0 Å². The number of aromatic nitrogens is 1. The Kier molecular flexibility index (Phi) is 5.12. The normalized spacial score (nSPS) is 9.61. The number of rotatable bonds is 4. The maximum Gasteiger partial charge on any atom is 0.413 e. The predicted molar refractivity (Wildman–Crippen MR) is 62.5 cm³/mol. The van der Waals surface area contributed by atoms with Gasteiger partial charge in [-0.3, -0.25) is 10.1 Å². The first-order valence-electron chi connectivity index (χ1n) is 4.73. The molecular formula is C10H10N2O5S. The molecule has 0 radical (unpaired) electrons. The molecule has 0 aliphatic heterocycles. The van der Waals surface area contributed by atoms with Gasteiger partial charge in [0.05, 0.1) is 12.9 Å². The highest BCUT2D eigenvalue weighted by atomic mass is 32.2. The van der Waals surface area contributed by atoms with Gasteiger partial charge in [0.1, 0.15) is 5.69 Å². The summed E-state index contributed by atoms with van der Waals surface area (Å²) >= 11 is 1.09. The van der Waals surface area contributed by atoms with E-state index in [1.807, 2.05) is 5.32 Å². The second-order valence-corrected chi connectivity index (χ2v) is 4.06. The number of nitrogens with zero attached hydrogens (tertiary/aromatic N) is 1. The molecule has 0 saturated carbocycles. The number of pyridine rings is 1. The molecule has 0 unspecified atom stereocenters. The number of aromatic carboxylic acids is 1. The number of carbonyl (C=O) groups excluding carboxylic acids is 2. The quantitative estimate of drug-likeness (QED) is 0.778. The van der Waals surface area contributed by atoms with Gasteiger partial charge in [0.2, 0.25) is 5.91 Å². The molecular weight excluding hydrogens is 260 g/mol. The molecule has 1 aromatic heterocycles. The summed E-state index contributed by atoms with van der Waals surface area (Å²) in [6, 6.07) is 2.92. The Balaban J connectivity index is 2.53. The van der Waals surface area contributed by atoms with Crippen molar-refractivity contribution in [1.82, 2.24) is 10.3 Å². The van der Waals surface area contributed by atoms with Gasteiger partial charge < -0.3 is 9.84 Å². The Hall–Kier alpha value is -2.09. The molecule has 0 spiro atoms. The molecule has 1 heterocycles. The van der Waals surface area contributed by atoms with Crippen LogP contribution >= 0.6 is 11.8 Å². The summed E-state index contributed by atoms with van der Waals surface area (Å²) in [4.78, 5) is 36.8. The number of imide groups is 1. The minimum atomic E-state index is -1.14. The molecule has 0 aliphatic carbocycles. The van der Waals surface area contributed by atoms with E-state index in [1.54, 1.807) is 6.07 Å². The number of nitrogens with one attached hydrogen (secondary N) is 1. The molecule has 7 nitrogen and oxygen atoms in total. The fraction of sp³-hybridized carbons (Fsp3) is 0.200. The first kappa shape index (κ1) is 14.0. The van der Waals surface area contributed by atoms with E-state index in [1.165, 1.54) is 12.3 Å². The summed E-state index contributed by atoms with van der Waals surface area (Å²) in [6.07, 6.45) is 0.505. The van der Waals surface area contributed by atoms with Gasteiger partial charge in [0, 0.05) is 11.1 Å². The fourth-order valence-corrected chi connectivity index (χ4v) is 1.69. The summed E-state index contributed by atoms with van der Waals surface area (Å²) in [6.45, 7) is 0. The van der Waals surface area contributed by atoms with Gasteiger partial charge >= 0.3 is 12.1 Å². The molecule has 0 fully saturated rings. The van der Waals surface area contributed by atoms with Crippen LogP contribution in [0.1, 0.15) is 10.5 Å². The van der Waals surface area contributed by atoms with Crippen LogP contribution in [0.5, 0.6) is 0 Å². The lowest BCUT2D eigenvalue weighted by Crippen LogP contribution is -2.31. The summed E-state index contributed by atoms with van der Waals surface area (Å²) in [5, 5.41) is 10.7. The largest absolute Gasteiger partial charge is 0.477 e. The van der Waals surface area contributed by atoms with Crippen LogP contribution < -0.4 is 5.32 Å². The SMILES string of the molecule is COC(=O)NC(=O)CSc1ccnc(C(=O)O)c1. The molecule has 1 aromatic rings. The molecule has 96 valence electrons. The Labute approximate surface area is 107 Å². The van der Waals surface area contributed by atoms with E-state index in [-0.39, 0.29) is 11.4 Å². The van der Waals surface area contributed by atoms with Crippen molar-refractivity contribution in [3.05, 3.63) is 24.0 Å². The monoisotopic (exact) mass is 270 g/mol. The van der Waals surface area contributed by atoms with Gasteiger partial charge in [-0.2, -0.15) is 0 Å². The molecule has 8 heteroatoms. The van der Waals surface area contributed by atoms with E-state index < -0.39 is 18.0 Å². The number of hydrogen-bond donors (Lipinski definition) is 2. The highest BCUT2D eigenvalue weighted by Gasteiger charge is 2.09. The Morgan fingerprint density at radius 1 is 1.50 bits per heavy atom. The van der Waals surface area contributed by atoms with Gasteiger partial charge in [0.15, 0.2) is 0 Å². The molecule has 1 rings (SSSR count). The van der Waals surface area contributed by atoms with Crippen molar-refractivity contribution in [3.63, 3.8) is 0 Å². The summed E-state index contributed by atoms with van der Waals surface area (Å²) in [7, 11) is 1.15. The molecule has 0 aromatic carbocycles. The minimum Gasteiger partial charge on any atom is -0.477 e. The van der Waals surface area contributed by atoms with Crippen LogP contribution in [0.15, 0.2) is 23.2 Å². The highest BCUT2D eigenvalue weighted by molar-refractivity contribution is 8.00. The second-order valence-electron chi connectivity index (χ2n) is 3.01. The third kappa shape index (κ3) is 4.42. The number of hydrogen-bond acceptors (Lipinski definition) is 6. The maximum absolute atomic E-state index is 11.2. The standard InChI is InChI=1S/C10H10N2O5S/c1-17-10(16)12-8(13)5-18-6-2-3-11-7(4-6)9(14)15/h2-4H,5H2,1H3,(H,14,15)(H,12,13,16). The van der Waals surface area contributed by atoms with Crippen molar-refractivity contribution in [2.75, 3.05) is 12.9 Å². The summed E-state index contributed by atoms with van der Waals surface area (Å²) in [5.74, 6) is -1.70. The zero-order chi connectivity index (χ0) is 13.5. The number of ether oxygens (including phenoxy) is 1. The van der Waals surface area contributed by atoms with E-state index >= 15 is 0 Å². The average molecular weight is 270 g/mol. The molecule has 0 atom stereocenters. The number of carbonyl (C=O) groups is 3. The van der Waals surface area contributed by atoms with Crippen LogP contribution in [0.25, 0.3) is 0 Å². The third-order valence-corrected chi connectivity index (χ3v) is 2.74. The van der Waals surface area contributed by atoms with Crippen molar-refractivity contribution < 1.29 is 24.2 Å². The summed E-state index contributed by atoms with van der Waals surface area (Å²) < 4.78 is 4.26. The Bertz CT molecular complexity index is 477. The second kappa shape index (κ2) is 6.60. The van der Waals surface area contributed by atoms with E-state index in [0.29, 0.717) is 4.90 Å². The van der Waals surface area contributed by atoms with E-state index in [9.17, 15) is 14.4 Å². The number of carboxylic acid groups (broad SMARTS) is 1. The highest BCUT2D eigenvalue weighted by Crippen LogP contribution is 2.17. The summed E-state index contributed by atoms with van der Waals surface area (Å²) in [5.41, 5.74) is -0.103. The lowest BCUT2D eigenvalue weighted by Gasteiger charge is -2.03. The number of carboxylic acids is 1. The molecule has 0 bridgehead atoms. The lowest BCUT2D eigenvalue weighted by molar-refractivity contribution is -0.117. The molecule has 2 N–H and O–H groups in total. The van der Waals surface area contributed by atoms with Crippen molar-refractivity contribution in [2.24, 2.45) is 0 Å². The van der Waals surface area contributed by atoms with Crippen molar-refractivity contribution in [3.8, 4) is 0 Å². The van der Waals surface area contributed by atoms with Crippen LogP contribution in [-0.2, 0) is 9.53 Å². The van der Waals surface area contributed by atoms with Crippen LogP contribution in [0, 0.1) is 0 Å². The van der Waals surface area contributed by atoms with Gasteiger partial charge in [-0.15, -0.1) is 11.8 Å². The van der Waals surface area contributed by atoms with Gasteiger partial charge in [-0.1, -0.05) is 0 Å². The number of amides is 2. The molecule has 18 heavy (non-hydrogen) atoms. The molecule has 0 saturated heterocycles. The first-order chi connectivity index (χ1) is 8.52.